The molecule has 1 saturated heterocycles. The van der Waals surface area contributed by atoms with Gasteiger partial charge in [0.25, 0.3) is 0 Å². The fourth-order valence-corrected chi connectivity index (χ4v) is 2.48. The van der Waals surface area contributed by atoms with E-state index in [9.17, 15) is 4.39 Å². The zero-order valence-corrected chi connectivity index (χ0v) is 10.9. The maximum atomic E-state index is 13.6. The summed E-state index contributed by atoms with van der Waals surface area (Å²) in [5.74, 6) is 0.361. The largest absolute Gasteiger partial charge is 0.352 e. The first kappa shape index (κ1) is 12.5. The Hall–Kier alpha value is -0.940. The van der Waals surface area contributed by atoms with Crippen LogP contribution in [0.5, 0.6) is 0 Å². The molecule has 0 aromatic carbocycles. The topological polar surface area (TPSA) is 32.3 Å². The zero-order valence-electron chi connectivity index (χ0n) is 10.2. The van der Waals surface area contributed by atoms with E-state index in [1.54, 1.807) is 0 Å². The van der Waals surface area contributed by atoms with Gasteiger partial charge in [0.2, 0.25) is 5.28 Å². The third-order valence-electron chi connectivity index (χ3n) is 3.23. The summed E-state index contributed by atoms with van der Waals surface area (Å²) in [5, 5.41) is 0.0855. The minimum absolute atomic E-state index is 0.0855. The van der Waals surface area contributed by atoms with Crippen molar-refractivity contribution in [3.05, 3.63) is 17.3 Å². The molecule has 0 N–H and O–H groups in total. The van der Waals surface area contributed by atoms with E-state index in [1.807, 2.05) is 19.0 Å². The summed E-state index contributed by atoms with van der Waals surface area (Å²) in [6, 6.07) is 0.406. The second-order valence-corrected chi connectivity index (χ2v) is 5.06. The van der Waals surface area contributed by atoms with E-state index in [4.69, 9.17) is 11.6 Å². The van der Waals surface area contributed by atoms with E-state index in [0.717, 1.165) is 19.3 Å². The number of hydrogen-bond acceptors (Lipinski definition) is 4. The fraction of sp³-hybridized carbons (Fsp3) is 0.636. The van der Waals surface area contributed by atoms with Crippen molar-refractivity contribution in [1.29, 1.82) is 0 Å². The molecule has 6 heteroatoms. The van der Waals surface area contributed by atoms with Gasteiger partial charge in [-0.1, -0.05) is 6.92 Å². The maximum Gasteiger partial charge on any atom is 0.224 e. The maximum absolute atomic E-state index is 13.6. The molecule has 2 unspecified atom stereocenters. The number of hydrogen-bond donors (Lipinski definition) is 0. The predicted molar refractivity (Wildman–Crippen MR) is 65.9 cm³/mol. The Bertz CT molecular complexity index is 412. The highest BCUT2D eigenvalue weighted by molar-refractivity contribution is 6.28. The number of aromatic nitrogens is 2. The standard InChI is InChI=1S/C11H16ClFN4/c1-7-5-17(6-9(7)16(2)3)10-8(13)4-14-11(12)15-10/h4,7,9H,5-6H2,1-3H3. The summed E-state index contributed by atoms with van der Waals surface area (Å²) in [6.45, 7) is 3.71. The Kier molecular flexibility index (Phi) is 3.49. The van der Waals surface area contributed by atoms with Gasteiger partial charge in [-0.2, -0.15) is 4.98 Å². The fourth-order valence-electron chi connectivity index (χ4n) is 2.35. The summed E-state index contributed by atoms with van der Waals surface area (Å²) in [4.78, 5) is 11.7. The number of rotatable bonds is 2. The van der Waals surface area contributed by atoms with Crippen LogP contribution in [0.2, 0.25) is 5.28 Å². The second-order valence-electron chi connectivity index (χ2n) is 4.72. The van der Waals surface area contributed by atoms with Crippen molar-refractivity contribution in [2.24, 2.45) is 5.92 Å². The smallest absolute Gasteiger partial charge is 0.224 e. The Morgan fingerprint density at radius 3 is 2.76 bits per heavy atom. The first-order chi connectivity index (χ1) is 7.99. The lowest BCUT2D eigenvalue weighted by atomic mass is 10.1. The van der Waals surface area contributed by atoms with E-state index >= 15 is 0 Å². The highest BCUT2D eigenvalue weighted by atomic mass is 35.5. The van der Waals surface area contributed by atoms with E-state index in [1.165, 1.54) is 0 Å². The van der Waals surface area contributed by atoms with Crippen LogP contribution in [0.4, 0.5) is 10.2 Å². The van der Waals surface area contributed by atoms with Crippen molar-refractivity contribution in [2.45, 2.75) is 13.0 Å². The minimum Gasteiger partial charge on any atom is -0.352 e. The molecule has 4 nitrogen and oxygen atoms in total. The molecular formula is C11H16ClFN4. The van der Waals surface area contributed by atoms with Crippen LogP contribution in [0.25, 0.3) is 0 Å². The van der Waals surface area contributed by atoms with Gasteiger partial charge in [0.1, 0.15) is 0 Å². The highest BCUT2D eigenvalue weighted by Gasteiger charge is 2.33. The highest BCUT2D eigenvalue weighted by Crippen LogP contribution is 2.26. The van der Waals surface area contributed by atoms with Crippen molar-refractivity contribution < 1.29 is 4.39 Å². The molecule has 17 heavy (non-hydrogen) atoms. The Balaban J connectivity index is 2.22. The van der Waals surface area contributed by atoms with Gasteiger partial charge in [-0.15, -0.1) is 0 Å². The zero-order chi connectivity index (χ0) is 12.6. The quantitative estimate of drug-likeness (QED) is 0.756. The summed E-state index contributed by atoms with van der Waals surface area (Å²) < 4.78 is 13.6. The molecule has 0 spiro atoms. The first-order valence-corrected chi connectivity index (χ1v) is 5.96. The van der Waals surface area contributed by atoms with Gasteiger partial charge in [0.05, 0.1) is 6.20 Å². The molecule has 1 fully saturated rings. The second kappa shape index (κ2) is 4.74. The SMILES string of the molecule is CC1CN(c2nc(Cl)ncc2F)CC1N(C)C. The molecule has 1 aromatic heterocycles. The Morgan fingerprint density at radius 1 is 1.47 bits per heavy atom. The molecular weight excluding hydrogens is 243 g/mol. The molecule has 0 saturated carbocycles. The third kappa shape index (κ3) is 2.50. The summed E-state index contributed by atoms with van der Waals surface area (Å²) >= 11 is 5.70. The van der Waals surface area contributed by atoms with Crippen LogP contribution in [0, 0.1) is 11.7 Å². The molecule has 0 aliphatic carbocycles. The molecule has 1 aliphatic rings. The van der Waals surface area contributed by atoms with Crippen LogP contribution in [0.1, 0.15) is 6.92 Å². The lowest BCUT2D eigenvalue weighted by Gasteiger charge is -2.22. The molecule has 1 aliphatic heterocycles. The van der Waals surface area contributed by atoms with Crippen molar-refractivity contribution in [1.82, 2.24) is 14.9 Å². The van der Waals surface area contributed by atoms with E-state index < -0.39 is 5.82 Å². The lowest BCUT2D eigenvalue weighted by Crippen LogP contribution is -2.34. The molecule has 1 aromatic rings. The summed E-state index contributed by atoms with van der Waals surface area (Å²) in [7, 11) is 4.07. The van der Waals surface area contributed by atoms with Crippen molar-refractivity contribution in [3.63, 3.8) is 0 Å². The average molecular weight is 259 g/mol. The van der Waals surface area contributed by atoms with Gasteiger partial charge < -0.3 is 9.80 Å². The van der Waals surface area contributed by atoms with Crippen molar-refractivity contribution in [2.75, 3.05) is 32.1 Å². The summed E-state index contributed by atoms with van der Waals surface area (Å²) in [6.07, 6.45) is 1.12. The average Bonchev–Trinajstić information content (AvgIpc) is 2.64. The van der Waals surface area contributed by atoms with Crippen LogP contribution >= 0.6 is 11.6 Å². The number of halogens is 2. The third-order valence-corrected chi connectivity index (χ3v) is 3.41. The Labute approximate surface area is 105 Å². The van der Waals surface area contributed by atoms with E-state index in [2.05, 4.69) is 21.8 Å². The molecule has 0 radical (unpaired) electrons. The van der Waals surface area contributed by atoms with Gasteiger partial charge in [-0.25, -0.2) is 9.37 Å². The molecule has 2 atom stereocenters. The molecule has 2 heterocycles. The van der Waals surface area contributed by atoms with Crippen molar-refractivity contribution >= 4 is 17.4 Å². The van der Waals surface area contributed by atoms with Crippen LogP contribution in [0.3, 0.4) is 0 Å². The lowest BCUT2D eigenvalue weighted by molar-refractivity contribution is 0.266. The molecule has 2 rings (SSSR count). The van der Waals surface area contributed by atoms with E-state index in [0.29, 0.717) is 17.8 Å². The molecule has 0 amide bonds. The van der Waals surface area contributed by atoms with Gasteiger partial charge in [0.15, 0.2) is 11.6 Å². The minimum atomic E-state index is -0.416. The van der Waals surface area contributed by atoms with Crippen LogP contribution in [-0.4, -0.2) is 48.1 Å². The van der Waals surface area contributed by atoms with Gasteiger partial charge in [-0.3, -0.25) is 0 Å². The first-order valence-electron chi connectivity index (χ1n) is 5.58. The normalized spacial score (nSPS) is 24.7. The number of anilines is 1. The Morgan fingerprint density at radius 2 is 2.18 bits per heavy atom. The monoisotopic (exact) mass is 258 g/mol. The van der Waals surface area contributed by atoms with Crippen LogP contribution < -0.4 is 4.90 Å². The van der Waals surface area contributed by atoms with Crippen LogP contribution in [0.15, 0.2) is 6.20 Å². The van der Waals surface area contributed by atoms with Gasteiger partial charge in [0, 0.05) is 19.1 Å². The van der Waals surface area contributed by atoms with Gasteiger partial charge >= 0.3 is 0 Å². The molecule has 94 valence electrons. The summed E-state index contributed by atoms with van der Waals surface area (Å²) in [5.41, 5.74) is 0. The predicted octanol–water partition coefficient (Wildman–Crippen LogP) is 1.66. The van der Waals surface area contributed by atoms with E-state index in [-0.39, 0.29) is 5.28 Å². The number of nitrogens with zero attached hydrogens (tertiary/aromatic N) is 4. The van der Waals surface area contributed by atoms with Crippen LogP contribution in [-0.2, 0) is 0 Å². The number of likely N-dealkylation sites (N-methyl/N-ethyl adjacent to an activating group) is 1. The van der Waals surface area contributed by atoms with Crippen molar-refractivity contribution in [3.8, 4) is 0 Å². The van der Waals surface area contributed by atoms with Gasteiger partial charge in [-0.05, 0) is 31.6 Å². The molecule has 0 bridgehead atoms.